The predicted molar refractivity (Wildman–Crippen MR) is 103 cm³/mol. The highest BCUT2D eigenvalue weighted by Crippen LogP contribution is 2.28. The van der Waals surface area contributed by atoms with Crippen molar-refractivity contribution in [2.24, 2.45) is 5.92 Å². The van der Waals surface area contributed by atoms with E-state index in [1.165, 1.54) is 23.1 Å². The molecule has 0 aliphatic carbocycles. The van der Waals surface area contributed by atoms with Gasteiger partial charge in [0.15, 0.2) is 21.9 Å². The SMILES string of the molecule is Cc1csc(NC(=O)[C@@H](C)Sc2nnc(-c3ccco3)n2CC(C)C)n1. The van der Waals surface area contributed by atoms with Gasteiger partial charge in [0.1, 0.15) is 0 Å². The summed E-state index contributed by atoms with van der Waals surface area (Å²) >= 11 is 2.79. The number of amides is 1. The fourth-order valence-electron chi connectivity index (χ4n) is 2.32. The number of aromatic nitrogens is 4. The van der Waals surface area contributed by atoms with Crippen LogP contribution in [0.15, 0.2) is 33.3 Å². The number of thioether (sulfide) groups is 1. The first kappa shape index (κ1) is 18.7. The fourth-order valence-corrected chi connectivity index (χ4v) is 3.87. The van der Waals surface area contributed by atoms with Crippen molar-refractivity contribution in [3.8, 4) is 11.6 Å². The van der Waals surface area contributed by atoms with Gasteiger partial charge in [0.2, 0.25) is 5.91 Å². The molecule has 0 aromatic carbocycles. The maximum Gasteiger partial charge on any atom is 0.239 e. The first-order valence-corrected chi connectivity index (χ1v) is 10.1. The summed E-state index contributed by atoms with van der Waals surface area (Å²) in [7, 11) is 0. The molecule has 0 aliphatic rings. The highest BCUT2D eigenvalue weighted by atomic mass is 32.2. The van der Waals surface area contributed by atoms with Gasteiger partial charge >= 0.3 is 0 Å². The Morgan fingerprint density at radius 3 is 2.81 bits per heavy atom. The van der Waals surface area contributed by atoms with E-state index in [1.54, 1.807) is 6.26 Å². The maximum atomic E-state index is 12.5. The summed E-state index contributed by atoms with van der Waals surface area (Å²) in [5.41, 5.74) is 0.894. The summed E-state index contributed by atoms with van der Waals surface area (Å²) in [6.45, 7) is 8.74. The molecule has 3 aromatic rings. The first-order valence-electron chi connectivity index (χ1n) is 8.30. The number of rotatable bonds is 7. The van der Waals surface area contributed by atoms with E-state index in [0.717, 1.165) is 12.2 Å². The summed E-state index contributed by atoms with van der Waals surface area (Å²) in [5.74, 6) is 1.64. The third-order valence-electron chi connectivity index (χ3n) is 3.51. The molecule has 1 amide bonds. The van der Waals surface area contributed by atoms with Crippen LogP contribution in [-0.4, -0.2) is 30.9 Å². The van der Waals surface area contributed by atoms with Crippen molar-refractivity contribution < 1.29 is 9.21 Å². The second-order valence-corrected chi connectivity index (χ2v) is 8.50. The lowest BCUT2D eigenvalue weighted by Gasteiger charge is -2.14. The summed E-state index contributed by atoms with van der Waals surface area (Å²) in [6, 6.07) is 3.68. The molecule has 3 heterocycles. The molecule has 26 heavy (non-hydrogen) atoms. The molecule has 0 radical (unpaired) electrons. The molecule has 0 aliphatic heterocycles. The molecule has 0 saturated heterocycles. The Kier molecular flexibility index (Phi) is 5.77. The van der Waals surface area contributed by atoms with E-state index in [0.29, 0.717) is 27.8 Å². The van der Waals surface area contributed by atoms with E-state index >= 15 is 0 Å². The minimum absolute atomic E-state index is 0.108. The van der Waals surface area contributed by atoms with Crippen LogP contribution in [0.2, 0.25) is 0 Å². The number of nitrogens with zero attached hydrogens (tertiary/aromatic N) is 4. The van der Waals surface area contributed by atoms with Gasteiger partial charge in [-0.3, -0.25) is 9.36 Å². The van der Waals surface area contributed by atoms with Gasteiger partial charge in [0, 0.05) is 11.9 Å². The summed E-state index contributed by atoms with van der Waals surface area (Å²) < 4.78 is 7.48. The van der Waals surface area contributed by atoms with Crippen LogP contribution in [0.25, 0.3) is 11.6 Å². The molecule has 0 unspecified atom stereocenters. The van der Waals surface area contributed by atoms with Gasteiger partial charge in [-0.1, -0.05) is 25.6 Å². The van der Waals surface area contributed by atoms with Gasteiger partial charge in [-0.25, -0.2) is 4.98 Å². The van der Waals surface area contributed by atoms with Crippen molar-refractivity contribution in [1.82, 2.24) is 19.7 Å². The van der Waals surface area contributed by atoms with E-state index in [9.17, 15) is 4.79 Å². The van der Waals surface area contributed by atoms with E-state index < -0.39 is 0 Å². The minimum Gasteiger partial charge on any atom is -0.461 e. The molecular weight excluding hydrogens is 370 g/mol. The zero-order valence-corrected chi connectivity index (χ0v) is 16.7. The van der Waals surface area contributed by atoms with Gasteiger partial charge in [-0.05, 0) is 31.9 Å². The molecule has 0 bridgehead atoms. The zero-order chi connectivity index (χ0) is 18.7. The van der Waals surface area contributed by atoms with Gasteiger partial charge < -0.3 is 9.73 Å². The molecular formula is C17H21N5O2S2. The molecule has 0 fully saturated rings. The van der Waals surface area contributed by atoms with Crippen LogP contribution < -0.4 is 5.32 Å². The molecule has 0 spiro atoms. The Morgan fingerprint density at radius 1 is 1.38 bits per heavy atom. The molecule has 1 N–H and O–H groups in total. The van der Waals surface area contributed by atoms with Crippen LogP contribution in [0, 0.1) is 12.8 Å². The highest BCUT2D eigenvalue weighted by Gasteiger charge is 2.22. The number of hydrogen-bond acceptors (Lipinski definition) is 7. The van der Waals surface area contributed by atoms with Gasteiger partial charge in [0.05, 0.1) is 17.2 Å². The number of carbonyl (C=O) groups is 1. The fraction of sp³-hybridized carbons (Fsp3) is 0.412. The lowest BCUT2D eigenvalue weighted by atomic mass is 10.2. The lowest BCUT2D eigenvalue weighted by Crippen LogP contribution is -2.23. The number of nitrogens with one attached hydrogen (secondary N) is 1. The monoisotopic (exact) mass is 391 g/mol. The van der Waals surface area contributed by atoms with E-state index in [1.807, 2.05) is 35.9 Å². The van der Waals surface area contributed by atoms with Gasteiger partial charge in [0.25, 0.3) is 0 Å². The van der Waals surface area contributed by atoms with Crippen molar-refractivity contribution in [3.63, 3.8) is 0 Å². The maximum absolute atomic E-state index is 12.5. The summed E-state index contributed by atoms with van der Waals surface area (Å²) in [4.78, 5) is 16.7. The van der Waals surface area contributed by atoms with Crippen LogP contribution in [0.5, 0.6) is 0 Å². The summed E-state index contributed by atoms with van der Waals surface area (Å²) in [6.07, 6.45) is 1.61. The van der Waals surface area contributed by atoms with Crippen LogP contribution in [0.1, 0.15) is 26.5 Å². The number of anilines is 1. The van der Waals surface area contributed by atoms with E-state index in [2.05, 4.69) is 34.3 Å². The Bertz CT molecular complexity index is 870. The Labute approximate surface area is 160 Å². The number of furan rings is 1. The average Bonchev–Trinajstić information content (AvgIpc) is 3.30. The summed E-state index contributed by atoms with van der Waals surface area (Å²) in [5, 5.41) is 14.3. The van der Waals surface area contributed by atoms with Crippen molar-refractivity contribution in [2.75, 3.05) is 5.32 Å². The number of hydrogen-bond donors (Lipinski definition) is 1. The van der Waals surface area contributed by atoms with Crippen LogP contribution in [0.3, 0.4) is 0 Å². The smallest absolute Gasteiger partial charge is 0.239 e. The Morgan fingerprint density at radius 2 is 2.19 bits per heavy atom. The average molecular weight is 392 g/mol. The number of carbonyl (C=O) groups excluding carboxylic acids is 1. The molecule has 9 heteroatoms. The van der Waals surface area contributed by atoms with Crippen LogP contribution >= 0.6 is 23.1 Å². The quantitative estimate of drug-likeness (QED) is 0.611. The molecule has 3 rings (SSSR count). The second kappa shape index (κ2) is 8.05. The highest BCUT2D eigenvalue weighted by molar-refractivity contribution is 8.00. The first-order chi connectivity index (χ1) is 12.4. The van der Waals surface area contributed by atoms with Crippen LogP contribution in [0.4, 0.5) is 5.13 Å². The van der Waals surface area contributed by atoms with E-state index in [4.69, 9.17) is 4.42 Å². The molecule has 138 valence electrons. The van der Waals surface area contributed by atoms with Gasteiger partial charge in [-0.2, -0.15) is 0 Å². The second-order valence-electron chi connectivity index (χ2n) is 6.33. The predicted octanol–water partition coefficient (Wildman–Crippen LogP) is 4.08. The third kappa shape index (κ3) is 4.34. The van der Waals surface area contributed by atoms with Crippen molar-refractivity contribution in [2.45, 2.75) is 44.6 Å². The Balaban J connectivity index is 1.76. The minimum atomic E-state index is -0.334. The van der Waals surface area contributed by atoms with Crippen LogP contribution in [-0.2, 0) is 11.3 Å². The largest absolute Gasteiger partial charge is 0.461 e. The van der Waals surface area contributed by atoms with Crippen molar-refractivity contribution in [3.05, 3.63) is 29.5 Å². The topological polar surface area (TPSA) is 85.8 Å². The van der Waals surface area contributed by atoms with Gasteiger partial charge in [-0.15, -0.1) is 21.5 Å². The number of thiazole rings is 1. The Hall–Kier alpha value is -2.13. The molecule has 7 nitrogen and oxygen atoms in total. The lowest BCUT2D eigenvalue weighted by molar-refractivity contribution is -0.115. The van der Waals surface area contributed by atoms with E-state index in [-0.39, 0.29) is 11.2 Å². The normalized spacial score (nSPS) is 12.5. The van der Waals surface area contributed by atoms with Crippen molar-refractivity contribution >= 4 is 34.1 Å². The molecule has 3 aromatic heterocycles. The molecule has 1 atom stereocenters. The third-order valence-corrected chi connectivity index (χ3v) is 5.46. The number of aryl methyl sites for hydroxylation is 1. The zero-order valence-electron chi connectivity index (χ0n) is 15.1. The van der Waals surface area contributed by atoms with Crippen molar-refractivity contribution in [1.29, 1.82) is 0 Å². The molecule has 0 saturated carbocycles. The standard InChI is InChI=1S/C17H21N5O2S2/c1-10(2)8-22-14(13-6-5-7-24-13)20-21-17(22)26-12(4)15(23)19-16-18-11(3)9-25-16/h5-7,9-10,12H,8H2,1-4H3,(H,18,19,23)/t12-/m1/s1.